The van der Waals surface area contributed by atoms with Crippen LogP contribution in [0.4, 0.5) is 0 Å². The summed E-state index contributed by atoms with van der Waals surface area (Å²) in [6, 6.07) is 27.1. The Balaban J connectivity index is 1.71. The smallest absolute Gasteiger partial charge is 0.337 e. The first-order valence-corrected chi connectivity index (χ1v) is 8.22. The van der Waals surface area contributed by atoms with Crippen molar-refractivity contribution in [3.05, 3.63) is 102 Å². The van der Waals surface area contributed by atoms with E-state index in [2.05, 4.69) is 0 Å². The van der Waals surface area contributed by atoms with E-state index in [1.807, 2.05) is 85.8 Å². The van der Waals surface area contributed by atoms with Crippen LogP contribution in [0.5, 0.6) is 5.75 Å². The van der Waals surface area contributed by atoms with Crippen LogP contribution in [0.1, 0.15) is 22.8 Å². The zero-order valence-corrected chi connectivity index (χ0v) is 14.1. The fraction of sp³-hybridized carbons (Fsp3) is 0.136. The number of hydrogen-bond donors (Lipinski definition) is 0. The Morgan fingerprint density at radius 2 is 1.32 bits per heavy atom. The van der Waals surface area contributed by atoms with Crippen LogP contribution in [0.25, 0.3) is 0 Å². The lowest BCUT2D eigenvalue weighted by atomic mass is 10.0. The van der Waals surface area contributed by atoms with Gasteiger partial charge < -0.3 is 9.47 Å². The van der Waals surface area contributed by atoms with Crippen LogP contribution in [0.2, 0.25) is 0 Å². The van der Waals surface area contributed by atoms with Crippen molar-refractivity contribution in [1.29, 1.82) is 0 Å². The molecular formula is C22H20O3. The summed E-state index contributed by atoms with van der Waals surface area (Å²) >= 11 is 0. The molecule has 0 fully saturated rings. The van der Waals surface area contributed by atoms with Crippen molar-refractivity contribution < 1.29 is 14.3 Å². The standard InChI is InChI=1S/C22H20O3/c1-17-10-8-9-15-20(17)25-21(23)16-24-22(18-11-4-2-5-12-18)19-13-6-3-7-14-19/h2-15,22H,16H2,1H3. The minimum atomic E-state index is -0.411. The van der Waals surface area contributed by atoms with E-state index >= 15 is 0 Å². The number of carbonyl (C=O) groups excluding carboxylic acids is 1. The summed E-state index contributed by atoms with van der Waals surface area (Å²) in [5, 5.41) is 0. The minimum absolute atomic E-state index is 0.122. The van der Waals surface area contributed by atoms with Gasteiger partial charge in [-0.1, -0.05) is 78.9 Å². The highest BCUT2D eigenvalue weighted by atomic mass is 16.6. The molecule has 0 heterocycles. The van der Waals surface area contributed by atoms with Gasteiger partial charge in [-0.15, -0.1) is 0 Å². The number of benzene rings is 3. The predicted octanol–water partition coefficient (Wildman–Crippen LogP) is 4.71. The van der Waals surface area contributed by atoms with E-state index in [1.165, 1.54) is 0 Å². The van der Waals surface area contributed by atoms with E-state index in [-0.39, 0.29) is 12.7 Å². The molecule has 0 aliphatic carbocycles. The number of ether oxygens (including phenoxy) is 2. The molecule has 0 unspecified atom stereocenters. The first-order chi connectivity index (χ1) is 12.2. The van der Waals surface area contributed by atoms with Gasteiger partial charge in [0.05, 0.1) is 0 Å². The Morgan fingerprint density at radius 1 is 0.800 bits per heavy atom. The molecule has 0 saturated carbocycles. The lowest BCUT2D eigenvalue weighted by molar-refractivity contribution is -0.141. The van der Waals surface area contributed by atoms with E-state index in [0.717, 1.165) is 16.7 Å². The van der Waals surface area contributed by atoms with E-state index < -0.39 is 5.97 Å². The van der Waals surface area contributed by atoms with Gasteiger partial charge in [0, 0.05) is 0 Å². The maximum absolute atomic E-state index is 12.2. The van der Waals surface area contributed by atoms with Gasteiger partial charge in [0.15, 0.2) is 0 Å². The SMILES string of the molecule is Cc1ccccc1OC(=O)COC(c1ccccc1)c1ccccc1. The van der Waals surface area contributed by atoms with Gasteiger partial charge in [-0.2, -0.15) is 0 Å². The van der Waals surface area contributed by atoms with E-state index in [0.29, 0.717) is 5.75 Å². The Kier molecular flexibility index (Phi) is 5.60. The molecule has 3 aromatic carbocycles. The maximum atomic E-state index is 12.2. The quantitative estimate of drug-likeness (QED) is 0.484. The van der Waals surface area contributed by atoms with Crippen molar-refractivity contribution in [3.8, 4) is 5.75 Å². The molecule has 3 heteroatoms. The maximum Gasteiger partial charge on any atom is 0.337 e. The molecule has 0 spiro atoms. The van der Waals surface area contributed by atoms with E-state index in [4.69, 9.17) is 9.47 Å². The minimum Gasteiger partial charge on any atom is -0.425 e. The average molecular weight is 332 g/mol. The average Bonchev–Trinajstić information content (AvgIpc) is 2.66. The van der Waals surface area contributed by atoms with Crippen molar-refractivity contribution in [2.45, 2.75) is 13.0 Å². The number of esters is 1. The van der Waals surface area contributed by atoms with Gasteiger partial charge in [-0.05, 0) is 29.7 Å². The summed E-state index contributed by atoms with van der Waals surface area (Å²) in [6.45, 7) is 1.78. The Bertz CT molecular complexity index is 773. The summed E-state index contributed by atoms with van der Waals surface area (Å²) in [6.07, 6.45) is -0.313. The van der Waals surface area contributed by atoms with Gasteiger partial charge in [-0.3, -0.25) is 0 Å². The van der Waals surface area contributed by atoms with Crippen LogP contribution in [0.15, 0.2) is 84.9 Å². The van der Waals surface area contributed by atoms with Gasteiger partial charge in [0.25, 0.3) is 0 Å². The third-order valence-corrected chi connectivity index (χ3v) is 3.89. The molecule has 3 aromatic rings. The second-order valence-corrected chi connectivity index (χ2v) is 5.75. The predicted molar refractivity (Wildman–Crippen MR) is 97.5 cm³/mol. The molecule has 0 N–H and O–H groups in total. The van der Waals surface area contributed by atoms with Crippen LogP contribution < -0.4 is 4.74 Å². The van der Waals surface area contributed by atoms with Crippen LogP contribution in [-0.2, 0) is 9.53 Å². The molecule has 3 rings (SSSR count). The largest absolute Gasteiger partial charge is 0.425 e. The van der Waals surface area contributed by atoms with Crippen molar-refractivity contribution in [3.63, 3.8) is 0 Å². The Morgan fingerprint density at radius 3 is 1.88 bits per heavy atom. The summed E-state index contributed by atoms with van der Waals surface area (Å²) < 4.78 is 11.3. The van der Waals surface area contributed by atoms with Crippen molar-refractivity contribution in [2.24, 2.45) is 0 Å². The molecular weight excluding hydrogens is 312 g/mol. The molecule has 0 aliphatic rings. The molecule has 0 aliphatic heterocycles. The monoisotopic (exact) mass is 332 g/mol. The topological polar surface area (TPSA) is 35.5 Å². The van der Waals surface area contributed by atoms with Crippen LogP contribution in [-0.4, -0.2) is 12.6 Å². The highest BCUT2D eigenvalue weighted by Gasteiger charge is 2.17. The van der Waals surface area contributed by atoms with Crippen LogP contribution >= 0.6 is 0 Å². The van der Waals surface area contributed by atoms with E-state index in [9.17, 15) is 4.79 Å². The second kappa shape index (κ2) is 8.27. The number of rotatable bonds is 6. The lowest BCUT2D eigenvalue weighted by Crippen LogP contribution is -2.19. The summed E-state index contributed by atoms with van der Waals surface area (Å²) in [5.74, 6) is 0.151. The second-order valence-electron chi connectivity index (χ2n) is 5.75. The normalized spacial score (nSPS) is 10.6. The first kappa shape index (κ1) is 16.9. The summed E-state index contributed by atoms with van der Waals surface area (Å²) in [5.41, 5.74) is 2.91. The zero-order chi connectivity index (χ0) is 17.5. The third kappa shape index (κ3) is 4.55. The fourth-order valence-corrected chi connectivity index (χ4v) is 2.61. The van der Waals surface area contributed by atoms with Gasteiger partial charge >= 0.3 is 5.97 Å². The van der Waals surface area contributed by atoms with Gasteiger partial charge in [0.2, 0.25) is 0 Å². The molecule has 0 radical (unpaired) electrons. The summed E-state index contributed by atoms with van der Waals surface area (Å²) in [4.78, 5) is 12.2. The first-order valence-electron chi connectivity index (χ1n) is 8.22. The zero-order valence-electron chi connectivity index (χ0n) is 14.1. The molecule has 3 nitrogen and oxygen atoms in total. The Labute approximate surface area is 147 Å². The third-order valence-electron chi connectivity index (χ3n) is 3.89. The molecule has 0 bridgehead atoms. The number of carbonyl (C=O) groups is 1. The number of aryl methyl sites for hydroxylation is 1. The molecule has 126 valence electrons. The summed E-state index contributed by atoms with van der Waals surface area (Å²) in [7, 11) is 0. The van der Waals surface area contributed by atoms with E-state index in [1.54, 1.807) is 6.07 Å². The fourth-order valence-electron chi connectivity index (χ4n) is 2.61. The molecule has 0 aromatic heterocycles. The highest BCUT2D eigenvalue weighted by molar-refractivity contribution is 5.74. The molecule has 0 atom stereocenters. The van der Waals surface area contributed by atoms with Crippen LogP contribution in [0.3, 0.4) is 0 Å². The molecule has 0 saturated heterocycles. The van der Waals surface area contributed by atoms with Crippen molar-refractivity contribution in [1.82, 2.24) is 0 Å². The van der Waals surface area contributed by atoms with Gasteiger partial charge in [0.1, 0.15) is 18.5 Å². The van der Waals surface area contributed by atoms with Gasteiger partial charge in [-0.25, -0.2) is 4.79 Å². The molecule has 25 heavy (non-hydrogen) atoms. The highest BCUT2D eigenvalue weighted by Crippen LogP contribution is 2.26. The number of para-hydroxylation sites is 1. The molecule has 0 amide bonds. The number of hydrogen-bond acceptors (Lipinski definition) is 3. The Hall–Kier alpha value is -2.91. The van der Waals surface area contributed by atoms with Crippen LogP contribution in [0, 0.1) is 6.92 Å². The van der Waals surface area contributed by atoms with Crippen molar-refractivity contribution >= 4 is 5.97 Å². The lowest BCUT2D eigenvalue weighted by Gasteiger charge is -2.18. The van der Waals surface area contributed by atoms with Crippen molar-refractivity contribution in [2.75, 3.05) is 6.61 Å².